The zero-order valence-electron chi connectivity index (χ0n) is 11.9. The van der Waals surface area contributed by atoms with Crippen LogP contribution in [0.3, 0.4) is 0 Å². The lowest BCUT2D eigenvalue weighted by atomic mass is 10.1. The lowest BCUT2D eigenvalue weighted by molar-refractivity contribution is 0.430. The SMILES string of the molecule is CC1CC1c1ccc(CN[C@@H](C)c2cccc(Cl)c2)o1. The summed E-state index contributed by atoms with van der Waals surface area (Å²) in [6.07, 6.45) is 1.26. The molecule has 3 atom stereocenters. The maximum Gasteiger partial charge on any atom is 0.117 e. The van der Waals surface area contributed by atoms with Gasteiger partial charge in [0.2, 0.25) is 0 Å². The summed E-state index contributed by atoms with van der Waals surface area (Å²) in [4.78, 5) is 0. The van der Waals surface area contributed by atoms with Crippen LogP contribution in [0, 0.1) is 5.92 Å². The van der Waals surface area contributed by atoms with Gasteiger partial charge in [-0.2, -0.15) is 0 Å². The second kappa shape index (κ2) is 5.63. The first-order valence-electron chi connectivity index (χ1n) is 7.21. The molecule has 0 saturated heterocycles. The van der Waals surface area contributed by atoms with Crippen molar-refractivity contribution in [2.45, 2.75) is 38.8 Å². The smallest absolute Gasteiger partial charge is 0.117 e. The number of furan rings is 1. The normalized spacial score (nSPS) is 22.8. The topological polar surface area (TPSA) is 25.2 Å². The van der Waals surface area contributed by atoms with Crippen LogP contribution in [0.4, 0.5) is 0 Å². The number of benzene rings is 1. The van der Waals surface area contributed by atoms with Crippen LogP contribution in [0.25, 0.3) is 0 Å². The molecule has 1 aromatic carbocycles. The second-order valence-electron chi connectivity index (χ2n) is 5.78. The van der Waals surface area contributed by atoms with E-state index in [0.29, 0.717) is 5.92 Å². The Morgan fingerprint density at radius 3 is 2.85 bits per heavy atom. The van der Waals surface area contributed by atoms with Crippen molar-refractivity contribution in [2.75, 3.05) is 0 Å². The molecule has 1 aromatic heterocycles. The molecule has 0 bridgehead atoms. The highest BCUT2D eigenvalue weighted by molar-refractivity contribution is 6.30. The largest absolute Gasteiger partial charge is 0.464 e. The summed E-state index contributed by atoms with van der Waals surface area (Å²) in [5.74, 6) is 3.58. The van der Waals surface area contributed by atoms with Crippen molar-refractivity contribution >= 4 is 11.6 Å². The fraction of sp³-hybridized carbons (Fsp3) is 0.412. The summed E-state index contributed by atoms with van der Waals surface area (Å²) < 4.78 is 5.90. The standard InChI is InChI=1S/C17H20ClNO/c1-11-8-16(11)17-7-6-15(20-17)10-19-12(2)13-4-3-5-14(18)9-13/h3-7,9,11-12,16,19H,8,10H2,1-2H3/t11?,12-,16?/m0/s1. The van der Waals surface area contributed by atoms with Crippen molar-refractivity contribution in [3.63, 3.8) is 0 Å². The third-order valence-electron chi connectivity index (χ3n) is 4.09. The number of halogens is 1. The minimum absolute atomic E-state index is 0.252. The van der Waals surface area contributed by atoms with E-state index in [1.807, 2.05) is 18.2 Å². The Kier molecular flexibility index (Phi) is 3.86. The highest BCUT2D eigenvalue weighted by atomic mass is 35.5. The average Bonchev–Trinajstić information content (AvgIpc) is 2.99. The molecule has 1 saturated carbocycles. The predicted octanol–water partition coefficient (Wildman–Crippen LogP) is 4.91. The molecule has 106 valence electrons. The van der Waals surface area contributed by atoms with Gasteiger partial charge in [0.25, 0.3) is 0 Å². The first kappa shape index (κ1) is 13.7. The van der Waals surface area contributed by atoms with Crippen molar-refractivity contribution in [3.8, 4) is 0 Å². The number of nitrogens with one attached hydrogen (secondary N) is 1. The van der Waals surface area contributed by atoms with Crippen LogP contribution in [0.2, 0.25) is 5.02 Å². The summed E-state index contributed by atoms with van der Waals surface area (Å²) in [7, 11) is 0. The minimum atomic E-state index is 0.252. The zero-order valence-corrected chi connectivity index (χ0v) is 12.7. The molecule has 0 spiro atoms. The Hall–Kier alpha value is -1.25. The number of hydrogen-bond acceptors (Lipinski definition) is 2. The monoisotopic (exact) mass is 289 g/mol. The van der Waals surface area contributed by atoms with E-state index in [0.717, 1.165) is 29.0 Å². The molecule has 3 rings (SSSR count). The molecular weight excluding hydrogens is 270 g/mol. The molecule has 0 aliphatic heterocycles. The third-order valence-corrected chi connectivity index (χ3v) is 4.32. The van der Waals surface area contributed by atoms with Gasteiger partial charge < -0.3 is 9.73 Å². The van der Waals surface area contributed by atoms with Gasteiger partial charge in [-0.05, 0) is 49.1 Å². The van der Waals surface area contributed by atoms with E-state index in [-0.39, 0.29) is 6.04 Å². The molecule has 2 aromatic rings. The number of hydrogen-bond donors (Lipinski definition) is 1. The Morgan fingerprint density at radius 1 is 1.35 bits per heavy atom. The molecule has 3 heteroatoms. The van der Waals surface area contributed by atoms with Crippen LogP contribution >= 0.6 is 11.6 Å². The predicted molar refractivity (Wildman–Crippen MR) is 81.9 cm³/mol. The lowest BCUT2D eigenvalue weighted by Gasteiger charge is -2.13. The fourth-order valence-electron chi connectivity index (χ4n) is 2.55. The zero-order chi connectivity index (χ0) is 14.1. The van der Waals surface area contributed by atoms with Gasteiger partial charge in [0, 0.05) is 17.0 Å². The van der Waals surface area contributed by atoms with Crippen LogP contribution in [0.15, 0.2) is 40.8 Å². The Bertz CT molecular complexity index is 592. The minimum Gasteiger partial charge on any atom is -0.464 e. The van der Waals surface area contributed by atoms with Gasteiger partial charge in [-0.3, -0.25) is 0 Å². The molecule has 2 nitrogen and oxygen atoms in total. The molecule has 2 unspecified atom stereocenters. The van der Waals surface area contributed by atoms with Gasteiger partial charge in [0.15, 0.2) is 0 Å². The third kappa shape index (κ3) is 3.08. The van der Waals surface area contributed by atoms with Crippen LogP contribution in [-0.4, -0.2) is 0 Å². The maximum atomic E-state index is 6.02. The van der Waals surface area contributed by atoms with Crippen molar-refractivity contribution in [3.05, 3.63) is 58.5 Å². The van der Waals surface area contributed by atoms with E-state index >= 15 is 0 Å². The first-order chi connectivity index (χ1) is 9.63. The first-order valence-corrected chi connectivity index (χ1v) is 7.58. The van der Waals surface area contributed by atoms with E-state index in [1.165, 1.54) is 12.0 Å². The van der Waals surface area contributed by atoms with E-state index in [4.69, 9.17) is 16.0 Å². The summed E-state index contributed by atoms with van der Waals surface area (Å²) in [5.41, 5.74) is 1.19. The summed E-state index contributed by atoms with van der Waals surface area (Å²) in [6, 6.07) is 12.4. The summed E-state index contributed by atoms with van der Waals surface area (Å²) in [6.45, 7) is 5.15. The van der Waals surface area contributed by atoms with Gasteiger partial charge >= 0.3 is 0 Å². The highest BCUT2D eigenvalue weighted by Gasteiger charge is 2.36. The second-order valence-corrected chi connectivity index (χ2v) is 6.22. The molecule has 0 radical (unpaired) electrons. The van der Waals surface area contributed by atoms with E-state index in [9.17, 15) is 0 Å². The van der Waals surface area contributed by atoms with Gasteiger partial charge in [-0.1, -0.05) is 30.7 Å². The molecule has 1 heterocycles. The summed E-state index contributed by atoms with van der Waals surface area (Å²) in [5, 5.41) is 4.25. The lowest BCUT2D eigenvalue weighted by Crippen LogP contribution is -2.17. The molecular formula is C17H20ClNO. The van der Waals surface area contributed by atoms with E-state index in [1.54, 1.807) is 0 Å². The fourth-order valence-corrected chi connectivity index (χ4v) is 2.75. The van der Waals surface area contributed by atoms with Gasteiger partial charge in [-0.15, -0.1) is 0 Å². The average molecular weight is 290 g/mol. The molecule has 1 N–H and O–H groups in total. The maximum absolute atomic E-state index is 6.02. The molecule has 0 amide bonds. The van der Waals surface area contributed by atoms with Crippen molar-refractivity contribution in [1.29, 1.82) is 0 Å². The van der Waals surface area contributed by atoms with E-state index < -0.39 is 0 Å². The molecule has 1 fully saturated rings. The van der Waals surface area contributed by atoms with Crippen LogP contribution in [0.1, 0.15) is 49.3 Å². The Morgan fingerprint density at radius 2 is 2.15 bits per heavy atom. The van der Waals surface area contributed by atoms with Gasteiger partial charge in [-0.25, -0.2) is 0 Å². The van der Waals surface area contributed by atoms with Crippen LogP contribution in [-0.2, 0) is 6.54 Å². The van der Waals surface area contributed by atoms with Crippen LogP contribution in [0.5, 0.6) is 0 Å². The Labute approximate surface area is 125 Å². The van der Waals surface area contributed by atoms with Crippen molar-refractivity contribution in [2.24, 2.45) is 5.92 Å². The van der Waals surface area contributed by atoms with Crippen LogP contribution < -0.4 is 5.32 Å². The molecule has 1 aliphatic carbocycles. The van der Waals surface area contributed by atoms with Gasteiger partial charge in [0.1, 0.15) is 11.5 Å². The van der Waals surface area contributed by atoms with E-state index in [2.05, 4.69) is 37.4 Å². The Balaban J connectivity index is 1.57. The molecule has 20 heavy (non-hydrogen) atoms. The number of rotatable bonds is 5. The van der Waals surface area contributed by atoms with Crippen molar-refractivity contribution in [1.82, 2.24) is 5.32 Å². The van der Waals surface area contributed by atoms with Gasteiger partial charge in [0.05, 0.1) is 6.54 Å². The summed E-state index contributed by atoms with van der Waals surface area (Å²) >= 11 is 6.02. The quantitative estimate of drug-likeness (QED) is 0.846. The molecule has 1 aliphatic rings. The van der Waals surface area contributed by atoms with Crippen molar-refractivity contribution < 1.29 is 4.42 Å². The highest BCUT2D eigenvalue weighted by Crippen LogP contribution is 2.47.